The van der Waals surface area contributed by atoms with Gasteiger partial charge in [0.15, 0.2) is 0 Å². The molecular weight excluding hydrogens is 299 g/mol. The fourth-order valence-electron chi connectivity index (χ4n) is 2.89. The van der Waals surface area contributed by atoms with Gasteiger partial charge in [0.25, 0.3) is 5.69 Å². The lowest BCUT2D eigenvalue weighted by molar-refractivity contribution is -0.384. The van der Waals surface area contributed by atoms with Gasteiger partial charge in [0.2, 0.25) is 0 Å². The third kappa shape index (κ3) is 5.14. The molecule has 1 unspecified atom stereocenters. The number of anilines is 1. The van der Waals surface area contributed by atoms with E-state index in [1.807, 2.05) is 0 Å². The molecule has 0 aromatic heterocycles. The van der Waals surface area contributed by atoms with E-state index in [0.717, 1.165) is 45.3 Å². The highest BCUT2D eigenvalue weighted by Gasteiger charge is 2.19. The van der Waals surface area contributed by atoms with Crippen molar-refractivity contribution in [3.63, 3.8) is 0 Å². The van der Waals surface area contributed by atoms with Crippen molar-refractivity contribution in [1.82, 2.24) is 9.80 Å². The van der Waals surface area contributed by atoms with E-state index < -0.39 is 10.7 Å². The van der Waals surface area contributed by atoms with Crippen LogP contribution in [0, 0.1) is 21.8 Å². The van der Waals surface area contributed by atoms with E-state index in [1.54, 1.807) is 0 Å². The number of nitro groups is 1. The zero-order valence-corrected chi connectivity index (χ0v) is 13.8. The molecule has 1 atom stereocenters. The lowest BCUT2D eigenvalue weighted by Gasteiger charge is -2.35. The van der Waals surface area contributed by atoms with Gasteiger partial charge in [-0.2, -0.15) is 0 Å². The number of hydrogen-bond acceptors (Lipinski definition) is 5. The van der Waals surface area contributed by atoms with E-state index in [4.69, 9.17) is 0 Å². The first kappa shape index (κ1) is 17.6. The molecule has 1 aliphatic rings. The molecule has 0 amide bonds. The molecule has 128 valence electrons. The summed E-state index contributed by atoms with van der Waals surface area (Å²) in [5.74, 6) is -0.146. The van der Waals surface area contributed by atoms with Crippen LogP contribution in [0.25, 0.3) is 0 Å². The average molecular weight is 324 g/mol. The number of nitrogens with zero attached hydrogens (tertiary/aromatic N) is 3. The quantitative estimate of drug-likeness (QED) is 0.616. The Morgan fingerprint density at radius 3 is 2.57 bits per heavy atom. The van der Waals surface area contributed by atoms with Crippen LogP contribution in [0.15, 0.2) is 18.2 Å². The maximum absolute atomic E-state index is 13.3. The minimum atomic E-state index is -0.490. The Kier molecular flexibility index (Phi) is 6.29. The van der Waals surface area contributed by atoms with Gasteiger partial charge in [0, 0.05) is 51.4 Å². The largest absolute Gasteiger partial charge is 0.379 e. The van der Waals surface area contributed by atoms with Gasteiger partial charge in [-0.05, 0) is 18.5 Å². The molecule has 0 saturated carbocycles. The topological polar surface area (TPSA) is 61.6 Å². The summed E-state index contributed by atoms with van der Waals surface area (Å²) in [5.41, 5.74) is 0.160. The second-order valence-corrected chi connectivity index (χ2v) is 6.14. The summed E-state index contributed by atoms with van der Waals surface area (Å²) in [6.07, 6.45) is 0. The fraction of sp³-hybridized carbons (Fsp3) is 0.625. The molecular formula is C16H25FN4O2. The Morgan fingerprint density at radius 2 is 1.96 bits per heavy atom. The summed E-state index contributed by atoms with van der Waals surface area (Å²) in [6, 6.07) is 3.50. The molecule has 7 heteroatoms. The maximum atomic E-state index is 13.3. The van der Waals surface area contributed by atoms with E-state index in [1.165, 1.54) is 12.1 Å². The van der Waals surface area contributed by atoms with Crippen LogP contribution in [0.1, 0.15) is 13.8 Å². The van der Waals surface area contributed by atoms with Crippen LogP contribution >= 0.6 is 0 Å². The molecule has 1 fully saturated rings. The van der Waals surface area contributed by atoms with Crippen molar-refractivity contribution in [2.75, 3.05) is 51.1 Å². The summed E-state index contributed by atoms with van der Waals surface area (Å²) in [6.45, 7) is 11.2. The molecule has 2 rings (SSSR count). The summed E-state index contributed by atoms with van der Waals surface area (Å²) in [5, 5.41) is 14.0. The van der Waals surface area contributed by atoms with Gasteiger partial charge in [-0.1, -0.05) is 13.8 Å². The maximum Gasteiger partial charge on any atom is 0.292 e. The van der Waals surface area contributed by atoms with Gasteiger partial charge in [-0.25, -0.2) is 4.39 Å². The van der Waals surface area contributed by atoms with Gasteiger partial charge >= 0.3 is 0 Å². The van der Waals surface area contributed by atoms with Crippen LogP contribution in [0.5, 0.6) is 0 Å². The van der Waals surface area contributed by atoms with E-state index in [2.05, 4.69) is 29.0 Å². The standard InChI is InChI=1S/C16H25FN4O2/c1-3-19-6-8-20(9-7-19)12-13(2)11-18-15-10-14(17)4-5-16(15)21(22)23/h4-5,10,13,18H,3,6-9,11-12H2,1-2H3. The number of likely N-dealkylation sites (N-methyl/N-ethyl adjacent to an activating group) is 1. The fourth-order valence-corrected chi connectivity index (χ4v) is 2.89. The van der Waals surface area contributed by atoms with Crippen molar-refractivity contribution in [2.45, 2.75) is 13.8 Å². The summed E-state index contributed by atoms with van der Waals surface area (Å²) < 4.78 is 13.3. The van der Waals surface area contributed by atoms with Crippen LogP contribution in [-0.4, -0.2) is 60.5 Å². The van der Waals surface area contributed by atoms with Crippen LogP contribution in [0.4, 0.5) is 15.8 Å². The van der Waals surface area contributed by atoms with Crippen molar-refractivity contribution < 1.29 is 9.31 Å². The highest BCUT2D eigenvalue weighted by Crippen LogP contribution is 2.25. The van der Waals surface area contributed by atoms with Gasteiger partial charge in [0.05, 0.1) is 4.92 Å². The van der Waals surface area contributed by atoms with Crippen LogP contribution < -0.4 is 5.32 Å². The number of piperazine rings is 1. The predicted molar refractivity (Wildman–Crippen MR) is 89.3 cm³/mol. The van der Waals surface area contributed by atoms with E-state index >= 15 is 0 Å². The van der Waals surface area contributed by atoms with Gasteiger partial charge < -0.3 is 15.1 Å². The number of hydrogen-bond donors (Lipinski definition) is 1. The third-order valence-electron chi connectivity index (χ3n) is 4.28. The Hall–Kier alpha value is -1.73. The van der Waals surface area contributed by atoms with Crippen LogP contribution in [-0.2, 0) is 0 Å². The second-order valence-electron chi connectivity index (χ2n) is 6.14. The average Bonchev–Trinajstić information content (AvgIpc) is 2.53. The number of benzene rings is 1. The molecule has 1 saturated heterocycles. The highest BCUT2D eigenvalue weighted by atomic mass is 19.1. The Balaban J connectivity index is 1.84. The number of nitro benzene ring substituents is 1. The highest BCUT2D eigenvalue weighted by molar-refractivity contribution is 5.61. The lowest BCUT2D eigenvalue weighted by atomic mass is 10.1. The Labute approximate surface area is 136 Å². The first-order valence-corrected chi connectivity index (χ1v) is 8.12. The normalized spacial score (nSPS) is 17.9. The smallest absolute Gasteiger partial charge is 0.292 e. The molecule has 6 nitrogen and oxygen atoms in total. The molecule has 1 aliphatic heterocycles. The molecule has 23 heavy (non-hydrogen) atoms. The Bertz CT molecular complexity index is 533. The zero-order chi connectivity index (χ0) is 16.8. The summed E-state index contributed by atoms with van der Waals surface area (Å²) in [4.78, 5) is 15.3. The zero-order valence-electron chi connectivity index (χ0n) is 13.8. The lowest BCUT2D eigenvalue weighted by Crippen LogP contribution is -2.47. The van der Waals surface area contributed by atoms with E-state index in [9.17, 15) is 14.5 Å². The monoisotopic (exact) mass is 324 g/mol. The first-order valence-electron chi connectivity index (χ1n) is 8.12. The molecule has 1 aromatic carbocycles. The van der Waals surface area contributed by atoms with Gasteiger partial charge in [-0.3, -0.25) is 10.1 Å². The molecule has 1 aromatic rings. The summed E-state index contributed by atoms with van der Waals surface area (Å²) >= 11 is 0. The molecule has 0 aliphatic carbocycles. The van der Waals surface area contributed by atoms with Crippen molar-refractivity contribution in [3.05, 3.63) is 34.1 Å². The first-order chi connectivity index (χ1) is 11.0. The second kappa shape index (κ2) is 8.21. The Morgan fingerprint density at radius 1 is 1.30 bits per heavy atom. The van der Waals surface area contributed by atoms with Crippen molar-refractivity contribution in [3.8, 4) is 0 Å². The van der Waals surface area contributed by atoms with Crippen molar-refractivity contribution >= 4 is 11.4 Å². The number of halogens is 1. The summed E-state index contributed by atoms with van der Waals surface area (Å²) in [7, 11) is 0. The minimum Gasteiger partial charge on any atom is -0.379 e. The molecule has 0 radical (unpaired) electrons. The molecule has 0 bridgehead atoms. The SMILES string of the molecule is CCN1CCN(CC(C)CNc2cc(F)ccc2[N+](=O)[O-])CC1. The van der Waals surface area contributed by atoms with Gasteiger partial charge in [-0.15, -0.1) is 0 Å². The van der Waals surface area contributed by atoms with Crippen LogP contribution in [0.3, 0.4) is 0 Å². The number of rotatable bonds is 7. The van der Waals surface area contributed by atoms with E-state index in [0.29, 0.717) is 12.5 Å². The predicted octanol–water partition coefficient (Wildman–Crippen LogP) is 2.42. The van der Waals surface area contributed by atoms with E-state index in [-0.39, 0.29) is 11.4 Å². The third-order valence-corrected chi connectivity index (χ3v) is 4.28. The van der Waals surface area contributed by atoms with Crippen molar-refractivity contribution in [2.24, 2.45) is 5.92 Å². The minimum absolute atomic E-state index is 0.0878. The molecule has 1 N–H and O–H groups in total. The van der Waals surface area contributed by atoms with Crippen LogP contribution in [0.2, 0.25) is 0 Å². The number of nitrogens with one attached hydrogen (secondary N) is 1. The van der Waals surface area contributed by atoms with Crippen molar-refractivity contribution in [1.29, 1.82) is 0 Å². The van der Waals surface area contributed by atoms with Gasteiger partial charge in [0.1, 0.15) is 11.5 Å². The molecule has 1 heterocycles. The molecule has 0 spiro atoms.